The lowest BCUT2D eigenvalue weighted by molar-refractivity contribution is -1.06. The number of likely N-dealkylation sites (tertiary alicyclic amines) is 1. The molecule has 4 heterocycles. The number of aromatic nitrogens is 1. The normalized spacial score (nSPS) is 18.3. The SMILES string of the molecule is Cc1ccccc1NC(=O)Nc1ccc(CC(=O)N[C@@H](CCCCNC(=O)CCC(=O)NCCCCCC[N+]23CC(=O)O[C@H]2[n+]2ccccc2C3)C(=O)N[C@@H](CC(=O)O)C(=O)N[C@H](C(=O)N2CCC[C@H]2C(=O)O)C(C)C)cc1. The predicted molar refractivity (Wildman–Crippen MR) is 282 cm³/mol. The highest BCUT2D eigenvalue weighted by Gasteiger charge is 2.60. The second-order valence-corrected chi connectivity index (χ2v) is 20.6. The van der Waals surface area contributed by atoms with E-state index in [0.717, 1.165) is 50.0 Å². The van der Waals surface area contributed by atoms with Crippen molar-refractivity contribution in [2.75, 3.05) is 43.4 Å². The molecule has 3 aliphatic rings. The molecule has 0 radical (unpaired) electrons. The van der Waals surface area contributed by atoms with Crippen LogP contribution in [0.5, 0.6) is 0 Å². The summed E-state index contributed by atoms with van der Waals surface area (Å²) in [5.74, 6) is -7.13. The molecule has 3 aromatic rings. The second-order valence-electron chi connectivity index (χ2n) is 20.6. The van der Waals surface area contributed by atoms with Crippen LogP contribution in [-0.4, -0.2) is 136 Å². The van der Waals surface area contributed by atoms with Gasteiger partial charge in [0.1, 0.15) is 24.2 Å². The fourth-order valence-corrected chi connectivity index (χ4v) is 10.0. The Morgan fingerprint density at radius 2 is 1.41 bits per heavy atom. The van der Waals surface area contributed by atoms with Gasteiger partial charge in [-0.25, -0.2) is 18.9 Å². The van der Waals surface area contributed by atoms with Crippen molar-refractivity contribution in [1.29, 1.82) is 0 Å². The fraction of sp³-hybridized carbons (Fsp3) is 0.509. The van der Waals surface area contributed by atoms with Crippen LogP contribution in [0.15, 0.2) is 72.9 Å². The molecule has 1 aromatic heterocycles. The lowest BCUT2D eigenvalue weighted by Crippen LogP contribution is -2.59. The summed E-state index contributed by atoms with van der Waals surface area (Å²) < 4.78 is 8.28. The number of benzene rings is 2. The molecule has 0 aliphatic carbocycles. The number of nitrogens with zero attached hydrogens (tertiary/aromatic N) is 3. The van der Waals surface area contributed by atoms with Gasteiger partial charge in [0, 0.05) is 56.0 Å². The van der Waals surface area contributed by atoms with Crippen molar-refractivity contribution in [2.24, 2.45) is 5.92 Å². The van der Waals surface area contributed by atoms with Crippen molar-refractivity contribution in [2.45, 2.75) is 141 Å². The third kappa shape index (κ3) is 17.0. The predicted octanol–water partition coefficient (Wildman–Crippen LogP) is 2.92. The van der Waals surface area contributed by atoms with Gasteiger partial charge in [0.25, 0.3) is 0 Å². The number of carbonyl (C=O) groups excluding carboxylic acids is 8. The number of quaternary nitrogens is 1. The minimum Gasteiger partial charge on any atom is -0.481 e. The zero-order chi connectivity index (χ0) is 56.4. The van der Waals surface area contributed by atoms with Gasteiger partial charge in [0.05, 0.1) is 19.4 Å². The molecule has 9 N–H and O–H groups in total. The zero-order valence-corrected chi connectivity index (χ0v) is 44.6. The molecule has 2 saturated heterocycles. The number of carboxylic acid groups (broad SMARTS) is 2. The Morgan fingerprint density at radius 3 is 2.09 bits per heavy atom. The molecule has 2 fully saturated rings. The summed E-state index contributed by atoms with van der Waals surface area (Å²) in [5, 5.41) is 38.3. The Hall–Kier alpha value is -7.95. The van der Waals surface area contributed by atoms with Crippen LogP contribution in [0, 0.1) is 12.8 Å². The number of unbranched alkanes of at least 4 members (excludes halogenated alkanes) is 4. The van der Waals surface area contributed by atoms with E-state index in [0.29, 0.717) is 47.4 Å². The molecular weight excluding hydrogens is 1010 g/mol. The Kier molecular flexibility index (Phi) is 21.6. The van der Waals surface area contributed by atoms with Gasteiger partial charge < -0.3 is 57.1 Å². The molecule has 6 atom stereocenters. The van der Waals surface area contributed by atoms with Crippen LogP contribution in [0.3, 0.4) is 0 Å². The number of hydrogen-bond donors (Lipinski definition) is 9. The van der Waals surface area contributed by atoms with Gasteiger partial charge in [-0.05, 0) is 99.6 Å². The smallest absolute Gasteiger partial charge is 0.448 e. The molecular formula is C55H74N10O13+2. The van der Waals surface area contributed by atoms with Gasteiger partial charge in [-0.1, -0.05) is 50.6 Å². The Morgan fingerprint density at radius 1 is 0.744 bits per heavy atom. The Bertz CT molecular complexity index is 2670. The number of ether oxygens (including phenoxy) is 1. The molecule has 420 valence electrons. The van der Waals surface area contributed by atoms with Crippen molar-refractivity contribution in [3.63, 3.8) is 0 Å². The summed E-state index contributed by atoms with van der Waals surface area (Å²) in [6, 6.07) is 13.9. The molecule has 0 spiro atoms. The van der Waals surface area contributed by atoms with Crippen LogP contribution in [0.1, 0.15) is 114 Å². The quantitative estimate of drug-likeness (QED) is 0.0209. The van der Waals surface area contributed by atoms with Crippen LogP contribution >= 0.6 is 0 Å². The number of carboxylic acids is 2. The molecule has 6 rings (SSSR count). The summed E-state index contributed by atoms with van der Waals surface area (Å²) in [4.78, 5) is 130. The minimum atomic E-state index is -1.70. The number of amides is 8. The molecule has 78 heavy (non-hydrogen) atoms. The van der Waals surface area contributed by atoms with Crippen molar-refractivity contribution in [1.82, 2.24) is 31.5 Å². The van der Waals surface area contributed by atoms with Gasteiger partial charge in [0.15, 0.2) is 19.3 Å². The molecule has 0 saturated carbocycles. The average molecular weight is 1080 g/mol. The number of nitrogens with one attached hydrogen (secondary N) is 7. The Balaban J connectivity index is 0.965. The summed E-state index contributed by atoms with van der Waals surface area (Å²) in [7, 11) is 0. The number of aliphatic carboxylic acids is 2. The van der Waals surface area contributed by atoms with Crippen LogP contribution in [0.2, 0.25) is 0 Å². The van der Waals surface area contributed by atoms with E-state index < -0.39 is 78.1 Å². The number of rotatable bonds is 29. The highest BCUT2D eigenvalue weighted by Crippen LogP contribution is 2.35. The van der Waals surface area contributed by atoms with Crippen molar-refractivity contribution >= 4 is 70.8 Å². The first kappa shape index (κ1) is 59.3. The topological polar surface area (TPSA) is 312 Å². The third-order valence-corrected chi connectivity index (χ3v) is 14.2. The Labute approximate surface area is 453 Å². The van der Waals surface area contributed by atoms with Crippen LogP contribution in [-0.2, 0) is 60.9 Å². The monoisotopic (exact) mass is 1080 g/mol. The van der Waals surface area contributed by atoms with E-state index in [2.05, 4.69) is 43.3 Å². The fourth-order valence-electron chi connectivity index (χ4n) is 10.0. The highest BCUT2D eigenvalue weighted by molar-refractivity contribution is 6.00. The standard InChI is InChI=1S/C55H72N10O13/c1-35(2)49(52(74)64-29-14-19-43(64)53(75)76)62-51(73)42(32-47(69)70)60-50(72)41(59-46(68)31-37-20-22-38(23-21-37)58-54(77)61-40-17-7-6-15-36(40)3)18-8-11-27-57-45(67)25-24-44(66)56-26-10-4-5-13-30-65-33-39-16-9-12-28-63(39)55(65)78-48(71)34-65/h6-7,9,12,15-17,20-23,28,35,41-43,49,55H,4-5,8,10-11,13-14,18-19,24-27,29-34H2,1-3H3,(H7-2,56,57,58,59,60,61,62,66,67,68,69,70,72,73,75,76,77)/p+2/t41-,42-,43-,49-,55-,65?/m0/s1. The molecule has 1 unspecified atom stereocenters. The second kappa shape index (κ2) is 28.4. The summed E-state index contributed by atoms with van der Waals surface area (Å²) in [6.07, 6.45) is 5.20. The maximum Gasteiger partial charge on any atom is 0.448 e. The number of urea groups is 1. The van der Waals surface area contributed by atoms with Crippen LogP contribution in [0.4, 0.5) is 16.2 Å². The highest BCUT2D eigenvalue weighted by atomic mass is 16.6. The van der Waals surface area contributed by atoms with Gasteiger partial charge in [-0.2, -0.15) is 0 Å². The van der Waals surface area contributed by atoms with E-state index in [9.17, 15) is 58.2 Å². The van der Waals surface area contributed by atoms with Gasteiger partial charge in [0.2, 0.25) is 41.1 Å². The lowest BCUT2D eigenvalue weighted by Gasteiger charge is -2.30. The van der Waals surface area contributed by atoms with Crippen molar-refractivity contribution in [3.8, 4) is 0 Å². The molecule has 2 aromatic carbocycles. The number of carbonyl (C=O) groups is 10. The van der Waals surface area contributed by atoms with Crippen molar-refractivity contribution in [3.05, 3.63) is 89.7 Å². The maximum absolute atomic E-state index is 14.0. The van der Waals surface area contributed by atoms with E-state index >= 15 is 0 Å². The number of esters is 1. The largest absolute Gasteiger partial charge is 0.481 e. The first-order valence-electron chi connectivity index (χ1n) is 26.8. The first-order valence-corrected chi connectivity index (χ1v) is 26.8. The number of aryl methyl sites for hydroxylation is 1. The maximum atomic E-state index is 14.0. The van der Waals surface area contributed by atoms with Gasteiger partial charge >= 0.3 is 30.3 Å². The number of fused-ring (bicyclic) bond motifs is 3. The van der Waals surface area contributed by atoms with Crippen LogP contribution < -0.4 is 41.8 Å². The molecule has 23 nitrogen and oxygen atoms in total. The zero-order valence-electron chi connectivity index (χ0n) is 44.6. The first-order chi connectivity index (χ1) is 37.3. The average Bonchev–Trinajstić information content (AvgIpc) is 4.23. The summed E-state index contributed by atoms with van der Waals surface area (Å²) in [6.45, 7) is 7.80. The van der Waals surface area contributed by atoms with E-state index in [1.54, 1.807) is 50.2 Å². The van der Waals surface area contributed by atoms with E-state index in [1.165, 1.54) is 4.90 Å². The van der Waals surface area contributed by atoms with Gasteiger partial charge in [-0.3, -0.25) is 33.6 Å². The molecule has 3 aliphatic heterocycles. The molecule has 8 amide bonds. The lowest BCUT2D eigenvalue weighted by atomic mass is 10.0. The van der Waals surface area contributed by atoms with Gasteiger partial charge in [-0.15, -0.1) is 4.57 Å². The number of para-hydroxylation sites is 1. The summed E-state index contributed by atoms with van der Waals surface area (Å²) in [5.41, 5.74) is 3.62. The molecule has 23 heteroatoms. The van der Waals surface area contributed by atoms with Crippen molar-refractivity contribution < 1.29 is 71.9 Å². The molecule has 0 bridgehead atoms. The number of hydrogen-bond acceptors (Lipinski definition) is 11. The van der Waals surface area contributed by atoms with E-state index in [1.807, 2.05) is 42.0 Å². The third-order valence-electron chi connectivity index (χ3n) is 14.2. The van der Waals surface area contributed by atoms with E-state index in [4.69, 9.17) is 4.74 Å². The summed E-state index contributed by atoms with van der Waals surface area (Å²) >= 11 is 0. The number of pyridine rings is 1. The number of anilines is 2. The van der Waals surface area contributed by atoms with E-state index in [-0.39, 0.29) is 75.7 Å². The minimum absolute atomic E-state index is 0.00327. The van der Waals surface area contributed by atoms with Crippen LogP contribution in [0.25, 0.3) is 0 Å².